The van der Waals surface area contributed by atoms with Crippen molar-refractivity contribution in [2.24, 2.45) is 0 Å². The molecule has 4 N–H and O–H groups in total. The number of carbonyl (C=O) groups excluding carboxylic acids is 2. The summed E-state index contributed by atoms with van der Waals surface area (Å²) in [5.74, 6) is -1.86. The Bertz CT molecular complexity index is 1170. The van der Waals surface area contributed by atoms with E-state index in [2.05, 4.69) is 39.5 Å². The molecule has 9 heteroatoms. The molecule has 4 rings (SSSR count). The van der Waals surface area contributed by atoms with Crippen LogP contribution in [-0.2, 0) is 9.53 Å². The Balaban J connectivity index is 1.37. The molecule has 1 unspecified atom stereocenters. The molecule has 1 aromatic heterocycles. The number of aromatic amines is 1. The fourth-order valence-electron chi connectivity index (χ4n) is 3.87. The Morgan fingerprint density at radius 3 is 2.36 bits per heavy atom. The lowest BCUT2D eigenvalue weighted by atomic mass is 9.98. The number of carboxylic acid groups (broad SMARTS) is 1. The van der Waals surface area contributed by atoms with Gasteiger partial charge in [0.25, 0.3) is 5.91 Å². The molecule has 9 nitrogen and oxygen atoms in total. The van der Waals surface area contributed by atoms with E-state index in [9.17, 15) is 14.4 Å². The van der Waals surface area contributed by atoms with Crippen LogP contribution in [0.2, 0.25) is 0 Å². The van der Waals surface area contributed by atoms with E-state index in [0.717, 1.165) is 22.3 Å². The molecular formula is C24H22N4O5. The van der Waals surface area contributed by atoms with Crippen LogP contribution >= 0.6 is 0 Å². The maximum atomic E-state index is 12.3. The SMILES string of the molecule is C=CCC(NC(=O)c1cc(NC(=O)OCC2c3ccccc3-c3ccccc32)n[nH]1)C(=O)O. The van der Waals surface area contributed by atoms with Gasteiger partial charge in [-0.25, -0.2) is 9.59 Å². The molecule has 1 atom stereocenters. The lowest BCUT2D eigenvalue weighted by molar-refractivity contribution is -0.139. The van der Waals surface area contributed by atoms with Crippen LogP contribution in [0.5, 0.6) is 0 Å². The first-order chi connectivity index (χ1) is 16.0. The number of hydrogen-bond acceptors (Lipinski definition) is 5. The third kappa shape index (κ3) is 4.62. The van der Waals surface area contributed by atoms with E-state index >= 15 is 0 Å². The number of carboxylic acids is 1. The summed E-state index contributed by atoms with van der Waals surface area (Å²) in [6.45, 7) is 3.61. The van der Waals surface area contributed by atoms with E-state index in [4.69, 9.17) is 9.84 Å². The van der Waals surface area contributed by atoms with Crippen molar-refractivity contribution >= 4 is 23.8 Å². The Morgan fingerprint density at radius 2 is 1.76 bits per heavy atom. The zero-order valence-corrected chi connectivity index (χ0v) is 17.6. The molecule has 2 aromatic carbocycles. The Labute approximate surface area is 189 Å². The number of fused-ring (bicyclic) bond motifs is 3. The second-order valence-electron chi connectivity index (χ2n) is 7.51. The number of anilines is 1. The van der Waals surface area contributed by atoms with Gasteiger partial charge in [-0.15, -0.1) is 6.58 Å². The number of nitrogens with one attached hydrogen (secondary N) is 3. The molecule has 33 heavy (non-hydrogen) atoms. The first-order valence-corrected chi connectivity index (χ1v) is 10.3. The maximum absolute atomic E-state index is 12.3. The molecule has 1 heterocycles. The molecule has 1 aliphatic carbocycles. The largest absolute Gasteiger partial charge is 0.480 e. The van der Waals surface area contributed by atoms with Crippen molar-refractivity contribution in [1.82, 2.24) is 15.5 Å². The quantitative estimate of drug-likeness (QED) is 0.391. The Kier molecular flexibility index (Phi) is 6.21. The highest BCUT2D eigenvalue weighted by Crippen LogP contribution is 2.44. The van der Waals surface area contributed by atoms with Crippen LogP contribution in [0.4, 0.5) is 10.6 Å². The number of amides is 2. The zero-order chi connectivity index (χ0) is 23.4. The fourth-order valence-corrected chi connectivity index (χ4v) is 3.87. The van der Waals surface area contributed by atoms with Crippen molar-refractivity contribution in [3.8, 4) is 11.1 Å². The third-order valence-corrected chi connectivity index (χ3v) is 5.40. The summed E-state index contributed by atoms with van der Waals surface area (Å²) in [6.07, 6.45) is 0.751. The van der Waals surface area contributed by atoms with E-state index < -0.39 is 24.0 Å². The monoisotopic (exact) mass is 446 g/mol. The molecule has 3 aromatic rings. The minimum Gasteiger partial charge on any atom is -0.480 e. The van der Waals surface area contributed by atoms with Crippen LogP contribution < -0.4 is 10.6 Å². The van der Waals surface area contributed by atoms with Crippen molar-refractivity contribution in [3.05, 3.63) is 84.1 Å². The number of H-pyrrole nitrogens is 1. The van der Waals surface area contributed by atoms with Gasteiger partial charge in [-0.2, -0.15) is 5.10 Å². The van der Waals surface area contributed by atoms with Gasteiger partial charge in [0, 0.05) is 12.0 Å². The van der Waals surface area contributed by atoms with E-state index in [1.807, 2.05) is 36.4 Å². The standard InChI is InChI=1S/C24H22N4O5/c1-2-7-19(23(30)31)25-22(29)20-12-21(28-27-20)26-24(32)33-13-18-16-10-5-3-8-14(16)15-9-4-6-11-17(15)18/h2-6,8-12,18-19H,1,7,13H2,(H,25,29)(H,30,31)(H2,26,27,28,32). The molecule has 0 spiro atoms. The average molecular weight is 446 g/mol. The Morgan fingerprint density at radius 1 is 1.12 bits per heavy atom. The number of nitrogens with zero attached hydrogens (tertiary/aromatic N) is 1. The first kappa shape index (κ1) is 21.8. The van der Waals surface area contributed by atoms with Gasteiger partial charge in [-0.05, 0) is 28.7 Å². The summed E-state index contributed by atoms with van der Waals surface area (Å²) in [5.41, 5.74) is 4.44. The molecule has 0 fully saturated rings. The molecule has 168 valence electrons. The summed E-state index contributed by atoms with van der Waals surface area (Å²) in [6, 6.07) is 16.2. The number of aliphatic carboxylic acids is 1. The van der Waals surface area contributed by atoms with Crippen LogP contribution in [0.3, 0.4) is 0 Å². The third-order valence-electron chi connectivity index (χ3n) is 5.40. The van der Waals surface area contributed by atoms with Gasteiger partial charge in [0.15, 0.2) is 5.82 Å². The molecule has 0 aliphatic heterocycles. The van der Waals surface area contributed by atoms with Crippen molar-refractivity contribution in [3.63, 3.8) is 0 Å². The van der Waals surface area contributed by atoms with Gasteiger partial charge >= 0.3 is 12.1 Å². The summed E-state index contributed by atoms with van der Waals surface area (Å²) in [7, 11) is 0. The van der Waals surface area contributed by atoms with Gasteiger partial charge in [0.1, 0.15) is 18.3 Å². The maximum Gasteiger partial charge on any atom is 0.412 e. The summed E-state index contributed by atoms with van der Waals surface area (Å²) < 4.78 is 5.45. The Hall–Kier alpha value is -4.40. The van der Waals surface area contributed by atoms with E-state index in [-0.39, 0.29) is 30.5 Å². The van der Waals surface area contributed by atoms with Crippen molar-refractivity contribution in [2.45, 2.75) is 18.4 Å². The normalized spacial score (nSPS) is 12.8. The highest BCUT2D eigenvalue weighted by atomic mass is 16.5. The van der Waals surface area contributed by atoms with Gasteiger partial charge in [0.2, 0.25) is 0 Å². The van der Waals surface area contributed by atoms with Crippen LogP contribution in [0.15, 0.2) is 67.3 Å². The number of aromatic nitrogens is 2. The van der Waals surface area contributed by atoms with Gasteiger partial charge in [-0.3, -0.25) is 15.2 Å². The summed E-state index contributed by atoms with van der Waals surface area (Å²) >= 11 is 0. The van der Waals surface area contributed by atoms with Crippen molar-refractivity contribution in [1.29, 1.82) is 0 Å². The average Bonchev–Trinajstić information content (AvgIpc) is 3.40. The van der Waals surface area contributed by atoms with Crippen LogP contribution in [0.1, 0.15) is 34.0 Å². The van der Waals surface area contributed by atoms with E-state index in [0.29, 0.717) is 0 Å². The van der Waals surface area contributed by atoms with Gasteiger partial charge < -0.3 is 15.2 Å². The summed E-state index contributed by atoms with van der Waals surface area (Å²) in [5, 5.41) is 20.3. The summed E-state index contributed by atoms with van der Waals surface area (Å²) in [4.78, 5) is 35.8. The van der Waals surface area contributed by atoms with E-state index in [1.54, 1.807) is 0 Å². The molecule has 2 amide bonds. The minimum absolute atomic E-state index is 0.000685. The number of rotatable bonds is 8. The fraction of sp³-hybridized carbons (Fsp3) is 0.167. The van der Waals surface area contributed by atoms with E-state index in [1.165, 1.54) is 12.1 Å². The van der Waals surface area contributed by atoms with Gasteiger partial charge in [0.05, 0.1) is 0 Å². The van der Waals surface area contributed by atoms with Crippen LogP contribution in [0, 0.1) is 0 Å². The zero-order valence-electron chi connectivity index (χ0n) is 17.6. The number of ether oxygens (including phenoxy) is 1. The lowest BCUT2D eigenvalue weighted by Crippen LogP contribution is -2.40. The first-order valence-electron chi connectivity index (χ1n) is 10.3. The highest BCUT2D eigenvalue weighted by molar-refractivity contribution is 5.96. The van der Waals surface area contributed by atoms with Gasteiger partial charge in [-0.1, -0.05) is 54.6 Å². The lowest BCUT2D eigenvalue weighted by Gasteiger charge is -2.14. The smallest absolute Gasteiger partial charge is 0.412 e. The molecule has 0 bridgehead atoms. The second kappa shape index (κ2) is 9.39. The second-order valence-corrected chi connectivity index (χ2v) is 7.51. The van der Waals surface area contributed by atoms with Crippen molar-refractivity contribution in [2.75, 3.05) is 11.9 Å². The molecular weight excluding hydrogens is 424 g/mol. The molecule has 1 aliphatic rings. The van der Waals surface area contributed by atoms with Crippen molar-refractivity contribution < 1.29 is 24.2 Å². The predicted molar refractivity (Wildman–Crippen MR) is 121 cm³/mol. The molecule has 0 saturated carbocycles. The number of hydrogen-bond donors (Lipinski definition) is 4. The topological polar surface area (TPSA) is 133 Å². The minimum atomic E-state index is -1.18. The molecule has 0 radical (unpaired) electrons. The number of benzene rings is 2. The molecule has 0 saturated heterocycles. The van der Waals surface area contributed by atoms with Crippen LogP contribution in [-0.4, -0.2) is 45.9 Å². The highest BCUT2D eigenvalue weighted by Gasteiger charge is 2.29. The predicted octanol–water partition coefficient (Wildman–Crippen LogP) is 3.53. The number of carbonyl (C=O) groups is 3. The van der Waals surface area contributed by atoms with Crippen LogP contribution in [0.25, 0.3) is 11.1 Å².